The van der Waals surface area contributed by atoms with Crippen LogP contribution in [0, 0.1) is 0 Å². The van der Waals surface area contributed by atoms with E-state index in [1.807, 2.05) is 28.8 Å². The van der Waals surface area contributed by atoms with Gasteiger partial charge in [-0.15, -0.1) is 0 Å². The zero-order chi connectivity index (χ0) is 18.6. The number of benzene rings is 1. The van der Waals surface area contributed by atoms with Gasteiger partial charge in [0.2, 0.25) is 5.91 Å². The summed E-state index contributed by atoms with van der Waals surface area (Å²) < 4.78 is 12.6. The van der Waals surface area contributed by atoms with Gasteiger partial charge in [-0.3, -0.25) is 4.79 Å². The highest BCUT2D eigenvalue weighted by Crippen LogP contribution is 2.26. The summed E-state index contributed by atoms with van der Waals surface area (Å²) in [7, 11) is 0. The zero-order valence-corrected chi connectivity index (χ0v) is 14.8. The third-order valence-corrected chi connectivity index (χ3v) is 4.57. The second-order valence-electron chi connectivity index (χ2n) is 6.40. The van der Waals surface area contributed by atoms with E-state index in [0.717, 1.165) is 23.9 Å². The number of para-hydroxylation sites is 2. The van der Waals surface area contributed by atoms with Crippen LogP contribution in [0.1, 0.15) is 42.9 Å². The van der Waals surface area contributed by atoms with Crippen molar-refractivity contribution in [2.45, 2.75) is 45.1 Å². The van der Waals surface area contributed by atoms with Gasteiger partial charge in [-0.05, 0) is 25.0 Å². The molecule has 1 fully saturated rings. The van der Waals surface area contributed by atoms with Crippen LogP contribution in [0.25, 0.3) is 11.0 Å². The summed E-state index contributed by atoms with van der Waals surface area (Å²) in [6, 6.07) is 7.60. The number of rotatable bonds is 7. The molecule has 1 amide bonds. The number of carbonyl (C=O) groups is 1. The second-order valence-corrected chi connectivity index (χ2v) is 6.40. The molecule has 27 heavy (non-hydrogen) atoms. The number of hydrogen-bond acceptors (Lipinski definition) is 7. The maximum Gasteiger partial charge on any atom is 0.255 e. The lowest BCUT2D eigenvalue weighted by Crippen LogP contribution is -2.24. The summed E-state index contributed by atoms with van der Waals surface area (Å²) in [6.45, 7) is 1.16. The van der Waals surface area contributed by atoms with Crippen LogP contribution >= 0.6 is 0 Å². The summed E-state index contributed by atoms with van der Waals surface area (Å²) in [5.41, 5.74) is 1.70. The molecule has 3 aromatic rings. The fraction of sp³-hybridized carbons (Fsp3) is 0.444. The van der Waals surface area contributed by atoms with E-state index in [0.29, 0.717) is 30.7 Å². The van der Waals surface area contributed by atoms with E-state index in [1.165, 1.54) is 0 Å². The minimum Gasteiger partial charge on any atom is -0.388 e. The average Bonchev–Trinajstić information content (AvgIpc) is 3.43. The molecule has 0 saturated carbocycles. The van der Waals surface area contributed by atoms with Crippen LogP contribution < -0.4 is 5.32 Å². The van der Waals surface area contributed by atoms with E-state index in [1.54, 1.807) is 0 Å². The molecule has 9 heteroatoms. The number of aliphatic hydroxyl groups excluding tert-OH is 1. The standard InChI is InChI=1S/C18H21N5O4/c24-11-16-20-12-4-1-2-5-13(12)23(16)8-7-17(25)19-10-15-21-18(27-22-15)14-6-3-9-26-14/h1-2,4-5,14,24H,3,6-11H2,(H,19,25)/t14-/m1/s1. The van der Waals surface area contributed by atoms with Crippen molar-refractivity contribution in [3.05, 3.63) is 41.8 Å². The summed E-state index contributed by atoms with van der Waals surface area (Å²) in [5.74, 6) is 1.30. The topological polar surface area (TPSA) is 115 Å². The molecule has 0 unspecified atom stereocenters. The van der Waals surface area contributed by atoms with Gasteiger partial charge in [0.05, 0.1) is 17.6 Å². The van der Waals surface area contributed by atoms with E-state index < -0.39 is 0 Å². The molecule has 9 nitrogen and oxygen atoms in total. The predicted octanol–water partition coefficient (Wildman–Crippen LogP) is 1.47. The van der Waals surface area contributed by atoms with Gasteiger partial charge in [0.1, 0.15) is 18.5 Å². The molecule has 3 heterocycles. The summed E-state index contributed by atoms with van der Waals surface area (Å²) in [6.07, 6.45) is 1.98. The first-order valence-electron chi connectivity index (χ1n) is 9.00. The largest absolute Gasteiger partial charge is 0.388 e. The fourth-order valence-electron chi connectivity index (χ4n) is 3.22. The van der Waals surface area contributed by atoms with Gasteiger partial charge in [-0.2, -0.15) is 4.98 Å². The highest BCUT2D eigenvalue weighted by molar-refractivity contribution is 5.77. The molecule has 1 aromatic carbocycles. The van der Waals surface area contributed by atoms with Crippen molar-refractivity contribution in [3.8, 4) is 0 Å². The minimum atomic E-state index is -0.175. The number of imidazole rings is 1. The van der Waals surface area contributed by atoms with E-state index in [4.69, 9.17) is 9.26 Å². The molecule has 1 aliphatic rings. The molecule has 4 rings (SSSR count). The smallest absolute Gasteiger partial charge is 0.255 e. The second kappa shape index (κ2) is 7.85. The van der Waals surface area contributed by atoms with Gasteiger partial charge in [0, 0.05) is 19.6 Å². The Morgan fingerprint density at radius 1 is 1.33 bits per heavy atom. The Kier molecular flexibility index (Phi) is 5.12. The first-order chi connectivity index (χ1) is 13.2. The minimum absolute atomic E-state index is 0.131. The van der Waals surface area contributed by atoms with Gasteiger partial charge in [-0.1, -0.05) is 17.3 Å². The van der Waals surface area contributed by atoms with Gasteiger partial charge in [0.15, 0.2) is 5.82 Å². The van der Waals surface area contributed by atoms with Crippen LogP contribution in [0.5, 0.6) is 0 Å². The molecule has 1 atom stereocenters. The van der Waals surface area contributed by atoms with Crippen molar-refractivity contribution in [1.82, 2.24) is 25.0 Å². The first kappa shape index (κ1) is 17.6. The number of fused-ring (bicyclic) bond motifs is 1. The van der Waals surface area contributed by atoms with Crippen LogP contribution in [0.4, 0.5) is 0 Å². The molecule has 0 aliphatic carbocycles. The van der Waals surface area contributed by atoms with Gasteiger partial charge in [0.25, 0.3) is 5.89 Å². The number of ether oxygens (including phenoxy) is 1. The first-order valence-corrected chi connectivity index (χ1v) is 9.00. The summed E-state index contributed by atoms with van der Waals surface area (Å²) >= 11 is 0. The van der Waals surface area contributed by atoms with E-state index >= 15 is 0 Å². The number of nitrogens with one attached hydrogen (secondary N) is 1. The Bertz CT molecular complexity index is 929. The van der Waals surface area contributed by atoms with E-state index in [-0.39, 0.29) is 31.6 Å². The van der Waals surface area contributed by atoms with Gasteiger partial charge in [-0.25, -0.2) is 4.98 Å². The molecule has 2 aromatic heterocycles. The van der Waals surface area contributed by atoms with Crippen LogP contribution in [0.2, 0.25) is 0 Å². The maximum atomic E-state index is 12.2. The van der Waals surface area contributed by atoms with Crippen LogP contribution in [0.15, 0.2) is 28.8 Å². The molecule has 0 spiro atoms. The number of aryl methyl sites for hydroxylation is 1. The van der Waals surface area contributed by atoms with Crippen LogP contribution in [-0.4, -0.2) is 37.3 Å². The molecule has 0 bridgehead atoms. The van der Waals surface area contributed by atoms with Crippen molar-refractivity contribution in [2.24, 2.45) is 0 Å². The number of aromatic nitrogens is 4. The van der Waals surface area contributed by atoms with Crippen molar-refractivity contribution < 1.29 is 19.2 Å². The quantitative estimate of drug-likeness (QED) is 0.646. The molecule has 0 radical (unpaired) electrons. The zero-order valence-electron chi connectivity index (χ0n) is 14.8. The maximum absolute atomic E-state index is 12.2. The molecule has 142 valence electrons. The lowest BCUT2D eigenvalue weighted by atomic mass is 10.2. The average molecular weight is 371 g/mol. The summed E-state index contributed by atoms with van der Waals surface area (Å²) in [4.78, 5) is 20.8. The Balaban J connectivity index is 1.32. The van der Waals surface area contributed by atoms with Crippen LogP contribution in [-0.2, 0) is 29.2 Å². The van der Waals surface area contributed by atoms with Crippen LogP contribution in [0.3, 0.4) is 0 Å². The monoisotopic (exact) mass is 371 g/mol. The van der Waals surface area contributed by atoms with Crippen molar-refractivity contribution in [2.75, 3.05) is 6.61 Å². The van der Waals surface area contributed by atoms with E-state index in [2.05, 4.69) is 20.4 Å². The Morgan fingerprint density at radius 2 is 2.22 bits per heavy atom. The van der Waals surface area contributed by atoms with Gasteiger partial charge < -0.3 is 24.3 Å². The Morgan fingerprint density at radius 3 is 3.04 bits per heavy atom. The van der Waals surface area contributed by atoms with Crippen molar-refractivity contribution in [1.29, 1.82) is 0 Å². The molecule has 1 aliphatic heterocycles. The fourth-order valence-corrected chi connectivity index (χ4v) is 3.22. The lowest BCUT2D eigenvalue weighted by Gasteiger charge is -2.08. The highest BCUT2D eigenvalue weighted by atomic mass is 16.5. The molecule has 2 N–H and O–H groups in total. The number of amides is 1. The third kappa shape index (κ3) is 3.83. The van der Waals surface area contributed by atoms with Crippen molar-refractivity contribution >= 4 is 16.9 Å². The normalized spacial score (nSPS) is 16.9. The van der Waals surface area contributed by atoms with Crippen molar-refractivity contribution in [3.63, 3.8) is 0 Å². The third-order valence-electron chi connectivity index (χ3n) is 4.57. The van der Waals surface area contributed by atoms with E-state index in [9.17, 15) is 9.90 Å². The molecular weight excluding hydrogens is 350 g/mol. The highest BCUT2D eigenvalue weighted by Gasteiger charge is 2.23. The Labute approximate surface area is 155 Å². The van der Waals surface area contributed by atoms with Gasteiger partial charge >= 0.3 is 0 Å². The number of aliphatic hydroxyl groups is 1. The predicted molar refractivity (Wildman–Crippen MR) is 94.3 cm³/mol. The number of hydrogen-bond donors (Lipinski definition) is 2. The summed E-state index contributed by atoms with van der Waals surface area (Å²) in [5, 5.41) is 16.2. The lowest BCUT2D eigenvalue weighted by molar-refractivity contribution is -0.121. The number of nitrogens with zero attached hydrogens (tertiary/aromatic N) is 4. The molecule has 1 saturated heterocycles. The molecular formula is C18H21N5O4. The Hall–Kier alpha value is -2.78. The number of carbonyl (C=O) groups excluding carboxylic acids is 1. The SMILES string of the molecule is O=C(CCn1c(CO)nc2ccccc21)NCc1noc([C@H]2CCCO2)n1.